The molecule has 3 nitrogen and oxygen atoms in total. The fourth-order valence-corrected chi connectivity index (χ4v) is 3.09. The summed E-state index contributed by atoms with van der Waals surface area (Å²) in [5.74, 6) is 1.84. The molecule has 2 heterocycles. The largest absolute Gasteiger partial charge is 0.311 e. The van der Waals surface area contributed by atoms with Crippen molar-refractivity contribution in [1.82, 2.24) is 14.9 Å². The van der Waals surface area contributed by atoms with Crippen LogP contribution >= 0.6 is 0 Å². The zero-order valence-corrected chi connectivity index (χ0v) is 13.3. The molecular weight excluding hydrogens is 258 g/mol. The standard InChI is InChI=1S/C18H25N3/c1-4-14-6-5-7-15(11-14)21-17-8-9-19-12-16(17)20-18(21)10-13(2)3/h5-7,11,13,19H,4,8-10,12H2,1-3H3. The van der Waals surface area contributed by atoms with Gasteiger partial charge in [0.2, 0.25) is 0 Å². The van der Waals surface area contributed by atoms with Crippen LogP contribution in [0.2, 0.25) is 0 Å². The van der Waals surface area contributed by atoms with E-state index < -0.39 is 0 Å². The lowest BCUT2D eigenvalue weighted by Crippen LogP contribution is -2.24. The molecule has 21 heavy (non-hydrogen) atoms. The molecule has 0 saturated carbocycles. The van der Waals surface area contributed by atoms with Gasteiger partial charge in [0.1, 0.15) is 5.82 Å². The summed E-state index contributed by atoms with van der Waals surface area (Å²) in [6.07, 6.45) is 3.17. The first-order chi connectivity index (χ1) is 10.2. The van der Waals surface area contributed by atoms with Gasteiger partial charge in [-0.2, -0.15) is 0 Å². The molecule has 0 radical (unpaired) electrons. The molecule has 3 heteroatoms. The number of nitrogens with zero attached hydrogens (tertiary/aromatic N) is 2. The molecule has 0 fully saturated rings. The van der Waals surface area contributed by atoms with Crippen LogP contribution in [0.3, 0.4) is 0 Å². The van der Waals surface area contributed by atoms with Crippen LogP contribution in [-0.2, 0) is 25.8 Å². The maximum Gasteiger partial charge on any atom is 0.114 e. The lowest BCUT2D eigenvalue weighted by atomic mass is 10.1. The van der Waals surface area contributed by atoms with E-state index in [1.807, 2.05) is 0 Å². The van der Waals surface area contributed by atoms with Crippen molar-refractivity contribution in [3.63, 3.8) is 0 Å². The number of aryl methyl sites for hydroxylation is 1. The van der Waals surface area contributed by atoms with Crippen LogP contribution in [0.15, 0.2) is 24.3 Å². The number of hydrogen-bond acceptors (Lipinski definition) is 2. The molecule has 1 aliphatic heterocycles. The minimum Gasteiger partial charge on any atom is -0.311 e. The minimum atomic E-state index is 0.620. The first-order valence-electron chi connectivity index (χ1n) is 8.08. The van der Waals surface area contributed by atoms with E-state index in [0.29, 0.717) is 5.92 Å². The average Bonchev–Trinajstić information content (AvgIpc) is 2.84. The molecule has 3 rings (SSSR count). The normalized spacial score (nSPS) is 14.5. The highest BCUT2D eigenvalue weighted by Crippen LogP contribution is 2.24. The van der Waals surface area contributed by atoms with E-state index >= 15 is 0 Å². The number of nitrogens with one attached hydrogen (secondary N) is 1. The smallest absolute Gasteiger partial charge is 0.114 e. The quantitative estimate of drug-likeness (QED) is 0.933. The Balaban J connectivity index is 2.11. The Labute approximate surface area is 127 Å². The van der Waals surface area contributed by atoms with Gasteiger partial charge in [-0.3, -0.25) is 0 Å². The van der Waals surface area contributed by atoms with Crippen LogP contribution < -0.4 is 5.32 Å². The Kier molecular flexibility index (Phi) is 4.11. The number of rotatable bonds is 4. The van der Waals surface area contributed by atoms with Crippen molar-refractivity contribution in [2.24, 2.45) is 5.92 Å². The van der Waals surface area contributed by atoms with Crippen LogP contribution in [-0.4, -0.2) is 16.1 Å². The molecule has 0 atom stereocenters. The van der Waals surface area contributed by atoms with E-state index in [1.54, 1.807) is 0 Å². The molecule has 1 aromatic heterocycles. The van der Waals surface area contributed by atoms with Gasteiger partial charge in [-0.15, -0.1) is 0 Å². The maximum atomic E-state index is 4.92. The molecule has 0 amide bonds. The summed E-state index contributed by atoms with van der Waals surface area (Å²) in [6.45, 7) is 8.69. The Morgan fingerprint density at radius 2 is 2.19 bits per heavy atom. The van der Waals surface area contributed by atoms with Gasteiger partial charge in [0.25, 0.3) is 0 Å². The molecule has 2 aromatic rings. The number of hydrogen-bond donors (Lipinski definition) is 1. The molecule has 1 N–H and O–H groups in total. The predicted octanol–water partition coefficient (Wildman–Crippen LogP) is 3.28. The van der Waals surface area contributed by atoms with E-state index in [2.05, 4.69) is 54.9 Å². The summed E-state index contributed by atoms with van der Waals surface area (Å²) in [7, 11) is 0. The molecule has 0 spiro atoms. The summed E-state index contributed by atoms with van der Waals surface area (Å²) in [4.78, 5) is 4.92. The number of imidazole rings is 1. The number of aromatic nitrogens is 2. The maximum absolute atomic E-state index is 4.92. The molecule has 0 unspecified atom stereocenters. The summed E-state index contributed by atoms with van der Waals surface area (Å²) in [6, 6.07) is 8.90. The van der Waals surface area contributed by atoms with Crippen LogP contribution in [0.1, 0.15) is 43.5 Å². The Bertz CT molecular complexity index is 625. The SMILES string of the molecule is CCc1cccc(-n2c(CC(C)C)nc3c2CCNC3)c1. The van der Waals surface area contributed by atoms with Crippen molar-refractivity contribution < 1.29 is 0 Å². The fraction of sp³-hybridized carbons (Fsp3) is 0.500. The van der Waals surface area contributed by atoms with E-state index in [4.69, 9.17) is 4.98 Å². The molecular formula is C18H25N3. The highest BCUT2D eigenvalue weighted by atomic mass is 15.1. The van der Waals surface area contributed by atoms with Crippen molar-refractivity contribution in [3.8, 4) is 5.69 Å². The lowest BCUT2D eigenvalue weighted by Gasteiger charge is -2.17. The highest BCUT2D eigenvalue weighted by molar-refractivity contribution is 5.41. The van der Waals surface area contributed by atoms with E-state index in [0.717, 1.165) is 32.4 Å². The molecule has 0 bridgehead atoms. The second kappa shape index (κ2) is 6.02. The number of benzene rings is 1. The highest BCUT2D eigenvalue weighted by Gasteiger charge is 2.21. The second-order valence-electron chi connectivity index (χ2n) is 6.31. The topological polar surface area (TPSA) is 29.9 Å². The third-order valence-corrected chi connectivity index (χ3v) is 4.12. The van der Waals surface area contributed by atoms with Gasteiger partial charge in [0.05, 0.1) is 5.69 Å². The van der Waals surface area contributed by atoms with Crippen LogP contribution in [0.25, 0.3) is 5.69 Å². The van der Waals surface area contributed by atoms with Crippen LogP contribution in [0.5, 0.6) is 0 Å². The second-order valence-corrected chi connectivity index (χ2v) is 6.31. The third kappa shape index (κ3) is 2.88. The van der Waals surface area contributed by atoms with Crippen LogP contribution in [0, 0.1) is 5.92 Å². The van der Waals surface area contributed by atoms with Crippen molar-refractivity contribution in [1.29, 1.82) is 0 Å². The summed E-state index contributed by atoms with van der Waals surface area (Å²) >= 11 is 0. The van der Waals surface area contributed by atoms with Gasteiger partial charge in [0.15, 0.2) is 0 Å². The van der Waals surface area contributed by atoms with Crippen molar-refractivity contribution in [3.05, 3.63) is 47.0 Å². The average molecular weight is 283 g/mol. The number of fused-ring (bicyclic) bond motifs is 1. The van der Waals surface area contributed by atoms with Crippen molar-refractivity contribution >= 4 is 0 Å². The molecule has 0 aliphatic carbocycles. The van der Waals surface area contributed by atoms with Gasteiger partial charge >= 0.3 is 0 Å². The zero-order chi connectivity index (χ0) is 14.8. The summed E-state index contributed by atoms with van der Waals surface area (Å²) in [5.41, 5.74) is 5.30. The van der Waals surface area contributed by atoms with Crippen molar-refractivity contribution in [2.45, 2.75) is 46.6 Å². The lowest BCUT2D eigenvalue weighted by molar-refractivity contribution is 0.608. The molecule has 1 aromatic carbocycles. The Morgan fingerprint density at radius 1 is 1.33 bits per heavy atom. The van der Waals surface area contributed by atoms with Gasteiger partial charge < -0.3 is 9.88 Å². The predicted molar refractivity (Wildman–Crippen MR) is 86.9 cm³/mol. The fourth-order valence-electron chi connectivity index (χ4n) is 3.09. The van der Waals surface area contributed by atoms with E-state index in [1.165, 1.54) is 28.5 Å². The van der Waals surface area contributed by atoms with Gasteiger partial charge in [-0.05, 0) is 30.0 Å². The Hall–Kier alpha value is -1.61. The van der Waals surface area contributed by atoms with Crippen molar-refractivity contribution in [2.75, 3.05) is 6.54 Å². The molecule has 0 saturated heterocycles. The van der Waals surface area contributed by atoms with E-state index in [-0.39, 0.29) is 0 Å². The molecule has 1 aliphatic rings. The van der Waals surface area contributed by atoms with Crippen LogP contribution in [0.4, 0.5) is 0 Å². The monoisotopic (exact) mass is 283 g/mol. The third-order valence-electron chi connectivity index (χ3n) is 4.12. The van der Waals surface area contributed by atoms with E-state index in [9.17, 15) is 0 Å². The zero-order valence-electron chi connectivity index (χ0n) is 13.3. The minimum absolute atomic E-state index is 0.620. The first kappa shape index (κ1) is 14.3. The summed E-state index contributed by atoms with van der Waals surface area (Å²) in [5, 5.41) is 3.43. The summed E-state index contributed by atoms with van der Waals surface area (Å²) < 4.78 is 2.41. The van der Waals surface area contributed by atoms with Gasteiger partial charge in [-0.25, -0.2) is 4.98 Å². The first-order valence-corrected chi connectivity index (χ1v) is 8.08. The van der Waals surface area contributed by atoms with Gasteiger partial charge in [0, 0.05) is 37.3 Å². The Morgan fingerprint density at radius 3 is 2.95 bits per heavy atom. The van der Waals surface area contributed by atoms with Gasteiger partial charge in [-0.1, -0.05) is 32.9 Å². The molecule has 112 valence electrons.